The van der Waals surface area contributed by atoms with Gasteiger partial charge in [-0.15, -0.1) is 0 Å². The van der Waals surface area contributed by atoms with E-state index in [1.165, 1.54) is 16.8 Å². The van der Waals surface area contributed by atoms with E-state index in [1.54, 1.807) is 32.2 Å². The fraction of sp³-hybridized carbons (Fsp3) is 0.300. The summed E-state index contributed by atoms with van der Waals surface area (Å²) in [6, 6.07) is 8.77. The first-order chi connectivity index (χ1) is 15.1. The number of amides is 1. The van der Waals surface area contributed by atoms with Gasteiger partial charge in [-0.3, -0.25) is 9.48 Å². The molecule has 0 spiro atoms. The van der Waals surface area contributed by atoms with Crippen molar-refractivity contribution in [1.29, 1.82) is 0 Å². The number of sulfonamides is 1. The van der Waals surface area contributed by atoms with Gasteiger partial charge in [0.05, 0.1) is 16.6 Å². The number of anilines is 2. The smallest absolute Gasteiger partial charge is 0.274 e. The number of hydrogen-bond donors (Lipinski definition) is 4. The number of nitrogens with one attached hydrogen (secondary N) is 3. The second-order valence-corrected chi connectivity index (χ2v) is 9.35. The number of carbonyl (C=O) groups excluding carboxylic acids is 1. The summed E-state index contributed by atoms with van der Waals surface area (Å²) < 4.78 is 41.2. The van der Waals surface area contributed by atoms with E-state index in [1.807, 2.05) is 0 Å². The third kappa shape index (κ3) is 5.74. The molecule has 4 N–H and O–H groups in total. The highest BCUT2D eigenvalue weighted by Gasteiger charge is 2.18. The minimum atomic E-state index is -3.64. The molecule has 1 unspecified atom stereocenters. The summed E-state index contributed by atoms with van der Waals surface area (Å²) in [5.41, 5.74) is 1.58. The first-order valence-corrected chi connectivity index (χ1v) is 11.7. The lowest BCUT2D eigenvalue weighted by Gasteiger charge is -2.11. The molecular formula is C20H23ClFN5O4S. The topological polar surface area (TPSA) is 125 Å². The number of aromatic nitrogens is 2. The van der Waals surface area contributed by atoms with Gasteiger partial charge in [0.1, 0.15) is 17.4 Å². The van der Waals surface area contributed by atoms with Crippen molar-refractivity contribution in [2.24, 2.45) is 7.05 Å². The number of carbonyl (C=O) groups is 1. The second kappa shape index (κ2) is 9.82. The fourth-order valence-electron chi connectivity index (χ4n) is 2.94. The molecular weight excluding hydrogens is 461 g/mol. The molecule has 2 aromatic carbocycles. The summed E-state index contributed by atoms with van der Waals surface area (Å²) in [4.78, 5) is 12.8. The molecule has 0 aliphatic heterocycles. The van der Waals surface area contributed by atoms with Crippen LogP contribution in [0.3, 0.4) is 0 Å². The van der Waals surface area contributed by atoms with Crippen LogP contribution >= 0.6 is 11.6 Å². The van der Waals surface area contributed by atoms with Crippen LogP contribution in [-0.4, -0.2) is 47.7 Å². The Bertz CT molecular complexity index is 1250. The largest absolute Gasteiger partial charge is 0.392 e. The van der Waals surface area contributed by atoms with Gasteiger partial charge >= 0.3 is 0 Å². The van der Waals surface area contributed by atoms with Crippen molar-refractivity contribution in [1.82, 2.24) is 14.5 Å². The number of aryl methyl sites for hydroxylation is 1. The number of aliphatic hydroxyl groups is 1. The van der Waals surface area contributed by atoms with Crippen LogP contribution in [0.5, 0.6) is 0 Å². The third-order valence-electron chi connectivity index (χ3n) is 4.70. The van der Waals surface area contributed by atoms with Crippen LogP contribution in [0.1, 0.15) is 23.8 Å². The molecule has 172 valence electrons. The van der Waals surface area contributed by atoms with Gasteiger partial charge in [-0.1, -0.05) is 18.5 Å². The van der Waals surface area contributed by atoms with E-state index in [0.29, 0.717) is 28.7 Å². The van der Waals surface area contributed by atoms with Crippen LogP contribution in [0, 0.1) is 5.82 Å². The van der Waals surface area contributed by atoms with Crippen LogP contribution in [0.2, 0.25) is 5.02 Å². The van der Waals surface area contributed by atoms with E-state index >= 15 is 0 Å². The van der Waals surface area contributed by atoms with E-state index in [4.69, 9.17) is 11.6 Å². The van der Waals surface area contributed by atoms with Gasteiger partial charge in [-0.05, 0) is 42.8 Å². The monoisotopic (exact) mass is 483 g/mol. The Morgan fingerprint density at radius 1 is 1.25 bits per heavy atom. The molecule has 0 saturated heterocycles. The van der Waals surface area contributed by atoms with Crippen LogP contribution in [0.15, 0.2) is 36.4 Å². The predicted molar refractivity (Wildman–Crippen MR) is 122 cm³/mol. The highest BCUT2D eigenvalue weighted by atomic mass is 35.5. The van der Waals surface area contributed by atoms with E-state index in [2.05, 4.69) is 20.5 Å². The van der Waals surface area contributed by atoms with Gasteiger partial charge in [0.15, 0.2) is 0 Å². The van der Waals surface area contributed by atoms with E-state index in [0.717, 1.165) is 6.07 Å². The third-order valence-corrected chi connectivity index (χ3v) is 6.12. The van der Waals surface area contributed by atoms with Crippen molar-refractivity contribution in [3.8, 4) is 0 Å². The maximum absolute atomic E-state index is 13.3. The molecule has 0 fully saturated rings. The molecule has 0 radical (unpaired) electrons. The van der Waals surface area contributed by atoms with Crippen molar-refractivity contribution in [3.63, 3.8) is 0 Å². The first-order valence-electron chi connectivity index (χ1n) is 9.72. The molecule has 3 aromatic rings. The predicted octanol–water partition coefficient (Wildman–Crippen LogP) is 2.68. The summed E-state index contributed by atoms with van der Waals surface area (Å²) in [5.74, 6) is -1.44. The van der Waals surface area contributed by atoms with E-state index in [-0.39, 0.29) is 23.1 Å². The number of benzene rings is 2. The number of aliphatic hydroxyl groups excluding tert-OH is 1. The molecule has 32 heavy (non-hydrogen) atoms. The summed E-state index contributed by atoms with van der Waals surface area (Å²) in [5, 5.41) is 19.7. The Balaban J connectivity index is 1.74. The van der Waals surface area contributed by atoms with Crippen LogP contribution in [-0.2, 0) is 17.1 Å². The minimum Gasteiger partial charge on any atom is -0.392 e. The lowest BCUT2D eigenvalue weighted by Crippen LogP contribution is -2.35. The Morgan fingerprint density at radius 2 is 1.97 bits per heavy atom. The number of halogens is 2. The van der Waals surface area contributed by atoms with E-state index in [9.17, 15) is 22.7 Å². The van der Waals surface area contributed by atoms with Crippen molar-refractivity contribution in [3.05, 3.63) is 52.9 Å². The normalized spacial score (nSPS) is 12.7. The number of hydrogen-bond acceptors (Lipinski definition) is 6. The molecule has 12 heteroatoms. The number of fused-ring (bicyclic) bond motifs is 1. The Hall–Kier alpha value is -2.73. The van der Waals surface area contributed by atoms with Crippen molar-refractivity contribution < 1.29 is 22.7 Å². The maximum Gasteiger partial charge on any atom is 0.274 e. The Kier molecular flexibility index (Phi) is 7.34. The van der Waals surface area contributed by atoms with Crippen molar-refractivity contribution >= 4 is 49.8 Å². The zero-order valence-corrected chi connectivity index (χ0v) is 19.0. The first kappa shape index (κ1) is 23.9. The quantitative estimate of drug-likeness (QED) is 0.371. The molecule has 0 aliphatic rings. The van der Waals surface area contributed by atoms with Gasteiger partial charge < -0.3 is 15.7 Å². The second-order valence-electron chi connectivity index (χ2n) is 7.13. The average molecular weight is 484 g/mol. The lowest BCUT2D eigenvalue weighted by molar-refractivity contribution is 0.101. The Labute approximate surface area is 189 Å². The highest BCUT2D eigenvalue weighted by Crippen LogP contribution is 2.24. The summed E-state index contributed by atoms with van der Waals surface area (Å²) in [7, 11) is -2.04. The zero-order chi connectivity index (χ0) is 23.5. The number of nitrogens with zero attached hydrogens (tertiary/aromatic N) is 2. The summed E-state index contributed by atoms with van der Waals surface area (Å²) in [6.45, 7) is 1.69. The minimum absolute atomic E-state index is 0.0580. The van der Waals surface area contributed by atoms with Gasteiger partial charge in [0.25, 0.3) is 5.91 Å². The summed E-state index contributed by atoms with van der Waals surface area (Å²) in [6.07, 6.45) is -0.304. The molecule has 0 bridgehead atoms. The van der Waals surface area contributed by atoms with Gasteiger partial charge in [0, 0.05) is 30.4 Å². The molecule has 1 heterocycles. The molecule has 1 atom stereocenters. The van der Waals surface area contributed by atoms with E-state index < -0.39 is 27.9 Å². The fourth-order valence-corrected chi connectivity index (χ4v) is 4.03. The maximum atomic E-state index is 13.3. The van der Waals surface area contributed by atoms with Crippen LogP contribution in [0.4, 0.5) is 15.8 Å². The van der Waals surface area contributed by atoms with Gasteiger partial charge in [0.2, 0.25) is 10.0 Å². The molecule has 3 rings (SSSR count). The Morgan fingerprint density at radius 3 is 2.66 bits per heavy atom. The average Bonchev–Trinajstić information content (AvgIpc) is 3.08. The van der Waals surface area contributed by atoms with Crippen molar-refractivity contribution in [2.75, 3.05) is 23.1 Å². The SMILES string of the molecule is CCC(O)CNS(=O)(=O)CNc1ccc2c(C(=O)Nc3ccc(F)c(Cl)c3)n(C)nc2c1. The molecule has 0 saturated carbocycles. The van der Waals surface area contributed by atoms with Gasteiger partial charge in [-0.2, -0.15) is 5.10 Å². The van der Waals surface area contributed by atoms with Gasteiger partial charge in [-0.25, -0.2) is 17.5 Å². The zero-order valence-electron chi connectivity index (χ0n) is 17.4. The van der Waals surface area contributed by atoms with Crippen LogP contribution in [0.25, 0.3) is 10.9 Å². The molecule has 1 aromatic heterocycles. The summed E-state index contributed by atoms with van der Waals surface area (Å²) >= 11 is 5.76. The standard InChI is InChI=1S/C20H23ClFN5O4S/c1-3-14(28)10-24-32(30,31)11-23-12-4-6-15-18(9-12)26-27(2)19(15)20(29)25-13-5-7-17(22)16(21)8-13/h4-9,14,23-24,28H,3,10-11H2,1-2H3,(H,25,29). The molecule has 9 nitrogen and oxygen atoms in total. The van der Waals surface area contributed by atoms with Crippen LogP contribution < -0.4 is 15.4 Å². The highest BCUT2D eigenvalue weighted by molar-refractivity contribution is 7.89. The lowest BCUT2D eigenvalue weighted by atomic mass is 10.1. The molecule has 0 aliphatic carbocycles. The number of rotatable bonds is 9. The molecule has 1 amide bonds. The van der Waals surface area contributed by atoms with Crippen molar-refractivity contribution in [2.45, 2.75) is 19.4 Å².